The van der Waals surface area contributed by atoms with Gasteiger partial charge in [0.05, 0.1) is 6.10 Å². The van der Waals surface area contributed by atoms with Crippen molar-refractivity contribution in [3.05, 3.63) is 62.5 Å². The van der Waals surface area contributed by atoms with Crippen LogP contribution in [0, 0.1) is 6.92 Å². The van der Waals surface area contributed by atoms with Crippen LogP contribution in [-0.4, -0.2) is 11.7 Å². The standard InChI is InChI=1S/C15H15Br2NO/c1-10-5-13(17)8-14(6-10)18-9-15(19)11-3-2-4-12(16)7-11/h2-8,15,18-19H,9H2,1H3. The molecular formula is C15H15Br2NO. The van der Waals surface area contributed by atoms with E-state index in [0.29, 0.717) is 6.54 Å². The van der Waals surface area contributed by atoms with E-state index in [1.807, 2.05) is 37.3 Å². The molecule has 0 aliphatic heterocycles. The molecule has 0 saturated heterocycles. The topological polar surface area (TPSA) is 32.3 Å². The number of aliphatic hydroxyl groups excluding tert-OH is 1. The Hall–Kier alpha value is -0.840. The summed E-state index contributed by atoms with van der Waals surface area (Å²) in [5, 5.41) is 13.4. The van der Waals surface area contributed by atoms with Crippen LogP contribution in [0.25, 0.3) is 0 Å². The minimum absolute atomic E-state index is 0.479. The first-order chi connectivity index (χ1) is 9.04. The van der Waals surface area contributed by atoms with E-state index in [0.717, 1.165) is 20.2 Å². The van der Waals surface area contributed by atoms with Gasteiger partial charge in [-0.3, -0.25) is 0 Å². The van der Waals surface area contributed by atoms with Crippen LogP contribution < -0.4 is 5.32 Å². The summed E-state index contributed by atoms with van der Waals surface area (Å²) in [5.41, 5.74) is 3.07. The maximum atomic E-state index is 10.1. The summed E-state index contributed by atoms with van der Waals surface area (Å²) < 4.78 is 2.01. The number of benzene rings is 2. The molecule has 0 bridgehead atoms. The van der Waals surface area contributed by atoms with Gasteiger partial charge in [0.15, 0.2) is 0 Å². The van der Waals surface area contributed by atoms with Gasteiger partial charge >= 0.3 is 0 Å². The molecular weight excluding hydrogens is 370 g/mol. The number of aryl methyl sites for hydroxylation is 1. The zero-order valence-corrected chi connectivity index (χ0v) is 13.7. The number of hydrogen-bond donors (Lipinski definition) is 2. The van der Waals surface area contributed by atoms with Crippen molar-refractivity contribution in [2.24, 2.45) is 0 Å². The fourth-order valence-corrected chi connectivity index (χ4v) is 2.91. The van der Waals surface area contributed by atoms with Crippen LogP contribution in [0.15, 0.2) is 51.4 Å². The Morgan fingerprint density at radius 3 is 2.58 bits per heavy atom. The van der Waals surface area contributed by atoms with E-state index >= 15 is 0 Å². The lowest BCUT2D eigenvalue weighted by molar-refractivity contribution is 0.191. The van der Waals surface area contributed by atoms with Crippen LogP contribution in [0.3, 0.4) is 0 Å². The average Bonchev–Trinajstić information content (AvgIpc) is 2.35. The molecule has 2 aromatic carbocycles. The molecule has 1 atom stereocenters. The van der Waals surface area contributed by atoms with Crippen molar-refractivity contribution in [3.63, 3.8) is 0 Å². The lowest BCUT2D eigenvalue weighted by atomic mass is 10.1. The number of rotatable bonds is 4. The van der Waals surface area contributed by atoms with E-state index in [-0.39, 0.29) is 0 Å². The molecule has 0 aromatic heterocycles. The van der Waals surface area contributed by atoms with Crippen molar-refractivity contribution in [1.82, 2.24) is 0 Å². The molecule has 1 unspecified atom stereocenters. The van der Waals surface area contributed by atoms with Crippen LogP contribution in [0.2, 0.25) is 0 Å². The molecule has 0 spiro atoms. The van der Waals surface area contributed by atoms with Gasteiger partial charge in [0.1, 0.15) is 0 Å². The van der Waals surface area contributed by atoms with Gasteiger partial charge < -0.3 is 10.4 Å². The van der Waals surface area contributed by atoms with Crippen molar-refractivity contribution in [2.75, 3.05) is 11.9 Å². The Labute approximate surface area is 130 Å². The van der Waals surface area contributed by atoms with Crippen molar-refractivity contribution in [1.29, 1.82) is 0 Å². The lowest BCUT2D eigenvalue weighted by Crippen LogP contribution is -2.12. The first kappa shape index (κ1) is 14.6. The Morgan fingerprint density at radius 2 is 1.89 bits per heavy atom. The zero-order valence-electron chi connectivity index (χ0n) is 10.5. The Balaban J connectivity index is 2.02. The Morgan fingerprint density at radius 1 is 1.11 bits per heavy atom. The third kappa shape index (κ3) is 4.34. The quantitative estimate of drug-likeness (QED) is 0.802. The number of nitrogens with one attached hydrogen (secondary N) is 1. The first-order valence-corrected chi connectivity index (χ1v) is 7.58. The van der Waals surface area contributed by atoms with Crippen molar-refractivity contribution < 1.29 is 5.11 Å². The lowest BCUT2D eigenvalue weighted by Gasteiger charge is -2.14. The summed E-state index contributed by atoms with van der Waals surface area (Å²) >= 11 is 6.87. The monoisotopic (exact) mass is 383 g/mol. The van der Waals surface area contributed by atoms with E-state index in [9.17, 15) is 5.11 Å². The van der Waals surface area contributed by atoms with Gasteiger partial charge in [-0.05, 0) is 48.4 Å². The van der Waals surface area contributed by atoms with Gasteiger partial charge in [0.2, 0.25) is 0 Å². The van der Waals surface area contributed by atoms with E-state index in [1.165, 1.54) is 5.56 Å². The molecule has 0 fully saturated rings. The van der Waals surface area contributed by atoms with Crippen LogP contribution in [0.4, 0.5) is 5.69 Å². The number of hydrogen-bond acceptors (Lipinski definition) is 2. The van der Waals surface area contributed by atoms with Gasteiger partial charge in [-0.1, -0.05) is 44.0 Å². The van der Waals surface area contributed by atoms with E-state index in [2.05, 4.69) is 49.3 Å². The van der Waals surface area contributed by atoms with Crippen molar-refractivity contribution in [3.8, 4) is 0 Å². The molecule has 2 rings (SSSR count). The largest absolute Gasteiger partial charge is 0.387 e. The van der Waals surface area contributed by atoms with Gasteiger partial charge in [-0.2, -0.15) is 0 Å². The maximum absolute atomic E-state index is 10.1. The molecule has 100 valence electrons. The predicted molar refractivity (Wildman–Crippen MR) is 86.5 cm³/mol. The maximum Gasteiger partial charge on any atom is 0.0962 e. The summed E-state index contributed by atoms with van der Waals surface area (Å²) in [6.45, 7) is 2.52. The fourth-order valence-electron chi connectivity index (χ4n) is 1.88. The summed E-state index contributed by atoms with van der Waals surface area (Å²) in [6, 6.07) is 13.8. The molecule has 4 heteroatoms. The highest BCUT2D eigenvalue weighted by Gasteiger charge is 2.07. The van der Waals surface area contributed by atoms with Gasteiger partial charge in [0.25, 0.3) is 0 Å². The molecule has 0 radical (unpaired) electrons. The fraction of sp³-hybridized carbons (Fsp3) is 0.200. The molecule has 19 heavy (non-hydrogen) atoms. The smallest absolute Gasteiger partial charge is 0.0962 e. The van der Waals surface area contributed by atoms with E-state index in [4.69, 9.17) is 0 Å². The number of anilines is 1. The van der Waals surface area contributed by atoms with E-state index < -0.39 is 6.10 Å². The molecule has 2 nitrogen and oxygen atoms in total. The second-order valence-corrected chi connectivity index (χ2v) is 6.30. The third-order valence-corrected chi connectivity index (χ3v) is 3.73. The van der Waals surface area contributed by atoms with Crippen LogP contribution >= 0.6 is 31.9 Å². The first-order valence-electron chi connectivity index (χ1n) is 5.99. The normalized spacial score (nSPS) is 12.2. The minimum Gasteiger partial charge on any atom is -0.387 e. The van der Waals surface area contributed by atoms with Crippen molar-refractivity contribution >= 4 is 37.5 Å². The predicted octanol–water partition coefficient (Wildman–Crippen LogP) is 4.67. The average molecular weight is 385 g/mol. The highest BCUT2D eigenvalue weighted by atomic mass is 79.9. The molecule has 0 saturated carbocycles. The summed E-state index contributed by atoms with van der Waals surface area (Å²) in [6.07, 6.45) is -0.531. The molecule has 2 aromatic rings. The molecule has 2 N–H and O–H groups in total. The summed E-state index contributed by atoms with van der Waals surface area (Å²) in [7, 11) is 0. The molecule has 0 aliphatic carbocycles. The Kier molecular flexibility index (Phi) is 5.02. The second-order valence-electron chi connectivity index (χ2n) is 4.47. The SMILES string of the molecule is Cc1cc(Br)cc(NCC(O)c2cccc(Br)c2)c1. The van der Waals surface area contributed by atoms with Crippen molar-refractivity contribution in [2.45, 2.75) is 13.0 Å². The third-order valence-electron chi connectivity index (χ3n) is 2.78. The van der Waals surface area contributed by atoms with Gasteiger partial charge in [0, 0.05) is 21.2 Å². The molecule has 0 heterocycles. The Bertz CT molecular complexity index is 552. The summed E-state index contributed by atoms with van der Waals surface area (Å²) in [5.74, 6) is 0. The minimum atomic E-state index is -0.531. The molecule has 0 aliphatic rings. The summed E-state index contributed by atoms with van der Waals surface area (Å²) in [4.78, 5) is 0. The van der Waals surface area contributed by atoms with Crippen LogP contribution in [0.1, 0.15) is 17.2 Å². The van der Waals surface area contributed by atoms with Crippen LogP contribution in [-0.2, 0) is 0 Å². The van der Waals surface area contributed by atoms with Gasteiger partial charge in [-0.15, -0.1) is 0 Å². The second kappa shape index (κ2) is 6.55. The van der Waals surface area contributed by atoms with Crippen LogP contribution in [0.5, 0.6) is 0 Å². The zero-order chi connectivity index (χ0) is 13.8. The van der Waals surface area contributed by atoms with E-state index in [1.54, 1.807) is 0 Å². The van der Waals surface area contributed by atoms with Gasteiger partial charge in [-0.25, -0.2) is 0 Å². The number of halogens is 2. The highest BCUT2D eigenvalue weighted by Crippen LogP contribution is 2.21. The molecule has 0 amide bonds. The highest BCUT2D eigenvalue weighted by molar-refractivity contribution is 9.10. The number of aliphatic hydroxyl groups is 1.